The van der Waals surface area contributed by atoms with Crippen molar-refractivity contribution in [3.63, 3.8) is 0 Å². The van der Waals surface area contributed by atoms with E-state index in [2.05, 4.69) is 11.3 Å². The van der Waals surface area contributed by atoms with Crippen LogP contribution in [0.1, 0.15) is 19.3 Å². The molecule has 2 unspecified atom stereocenters. The summed E-state index contributed by atoms with van der Waals surface area (Å²) in [6.07, 6.45) is 2.14. The van der Waals surface area contributed by atoms with E-state index in [0.29, 0.717) is 12.8 Å². The van der Waals surface area contributed by atoms with E-state index in [0.717, 1.165) is 0 Å². The van der Waals surface area contributed by atoms with Crippen molar-refractivity contribution in [3.05, 3.63) is 12.7 Å². The smallest absolute Gasteiger partial charge is 0.328 e. The summed E-state index contributed by atoms with van der Waals surface area (Å²) in [5, 5.41) is 9.47. The number of esters is 1. The van der Waals surface area contributed by atoms with Gasteiger partial charge < -0.3 is 14.7 Å². The molecular weight excluding hydrogens is 210 g/mol. The Morgan fingerprint density at radius 3 is 2.88 bits per heavy atom. The van der Waals surface area contributed by atoms with Crippen LogP contribution >= 0.6 is 0 Å². The molecule has 0 aromatic rings. The molecule has 5 nitrogen and oxygen atoms in total. The number of rotatable bonds is 4. The van der Waals surface area contributed by atoms with Crippen LogP contribution in [0, 0.1) is 0 Å². The van der Waals surface area contributed by atoms with Crippen molar-refractivity contribution in [2.24, 2.45) is 0 Å². The minimum Gasteiger partial charge on any atom is -0.467 e. The fraction of sp³-hybridized carbons (Fsp3) is 0.636. The average Bonchev–Trinajstić information content (AvgIpc) is 2.67. The molecule has 1 aliphatic heterocycles. The first-order valence-corrected chi connectivity index (χ1v) is 5.26. The Labute approximate surface area is 94.7 Å². The maximum atomic E-state index is 11.7. The van der Waals surface area contributed by atoms with Gasteiger partial charge in [-0.25, -0.2) is 4.79 Å². The van der Waals surface area contributed by atoms with Gasteiger partial charge in [-0.2, -0.15) is 0 Å². The van der Waals surface area contributed by atoms with Crippen LogP contribution < -0.4 is 0 Å². The van der Waals surface area contributed by atoms with E-state index in [9.17, 15) is 14.7 Å². The first kappa shape index (κ1) is 12.7. The lowest BCUT2D eigenvalue weighted by Crippen LogP contribution is -2.41. The molecule has 2 atom stereocenters. The quantitative estimate of drug-likeness (QED) is 0.546. The lowest BCUT2D eigenvalue weighted by atomic mass is 10.2. The summed E-state index contributed by atoms with van der Waals surface area (Å²) in [6, 6.07) is -0.641. The van der Waals surface area contributed by atoms with Crippen LogP contribution in [-0.4, -0.2) is 47.7 Å². The van der Waals surface area contributed by atoms with Crippen LogP contribution in [-0.2, 0) is 14.3 Å². The maximum absolute atomic E-state index is 11.7. The molecular formula is C11H17NO4. The molecule has 16 heavy (non-hydrogen) atoms. The van der Waals surface area contributed by atoms with Crippen LogP contribution in [0.2, 0.25) is 0 Å². The zero-order valence-corrected chi connectivity index (χ0v) is 9.39. The Balaban J connectivity index is 2.65. The fourth-order valence-electron chi connectivity index (χ4n) is 1.82. The zero-order chi connectivity index (χ0) is 12.1. The van der Waals surface area contributed by atoms with E-state index >= 15 is 0 Å². The van der Waals surface area contributed by atoms with E-state index in [1.54, 1.807) is 6.08 Å². The normalized spacial score (nSPS) is 24.2. The summed E-state index contributed by atoms with van der Waals surface area (Å²) in [6.45, 7) is 3.74. The van der Waals surface area contributed by atoms with Gasteiger partial charge in [0, 0.05) is 19.4 Å². The molecule has 1 amide bonds. The predicted molar refractivity (Wildman–Crippen MR) is 57.6 cm³/mol. The van der Waals surface area contributed by atoms with Crippen molar-refractivity contribution in [1.29, 1.82) is 0 Å². The topological polar surface area (TPSA) is 66.8 Å². The van der Waals surface area contributed by atoms with Gasteiger partial charge in [0.05, 0.1) is 13.2 Å². The molecule has 0 aromatic carbocycles. The van der Waals surface area contributed by atoms with Gasteiger partial charge in [-0.15, -0.1) is 6.58 Å². The molecule has 1 aliphatic rings. The Morgan fingerprint density at radius 1 is 1.62 bits per heavy atom. The summed E-state index contributed by atoms with van der Waals surface area (Å²) in [5.74, 6) is -0.615. The van der Waals surface area contributed by atoms with Crippen LogP contribution in [0.15, 0.2) is 12.7 Å². The molecule has 1 N–H and O–H groups in total. The average molecular weight is 227 g/mol. The number of carbonyl (C=O) groups excluding carboxylic acids is 2. The highest BCUT2D eigenvalue weighted by molar-refractivity contribution is 5.85. The molecule has 0 saturated carbocycles. The van der Waals surface area contributed by atoms with Gasteiger partial charge in [0.15, 0.2) is 0 Å². The Bertz CT molecular complexity index is 290. The van der Waals surface area contributed by atoms with Gasteiger partial charge in [-0.1, -0.05) is 6.08 Å². The summed E-state index contributed by atoms with van der Waals surface area (Å²) in [4.78, 5) is 24.5. The fourth-order valence-corrected chi connectivity index (χ4v) is 1.82. The molecule has 90 valence electrons. The summed E-state index contributed by atoms with van der Waals surface area (Å²) in [7, 11) is 1.28. The van der Waals surface area contributed by atoms with Crippen LogP contribution in [0.4, 0.5) is 0 Å². The molecule has 1 rings (SSSR count). The number of nitrogens with zero attached hydrogens (tertiary/aromatic N) is 1. The van der Waals surface area contributed by atoms with Crippen LogP contribution in [0.25, 0.3) is 0 Å². The van der Waals surface area contributed by atoms with Gasteiger partial charge in [0.1, 0.15) is 6.04 Å². The van der Waals surface area contributed by atoms with Crippen molar-refractivity contribution in [1.82, 2.24) is 4.90 Å². The lowest BCUT2D eigenvalue weighted by molar-refractivity contribution is -0.150. The molecule has 1 saturated heterocycles. The highest BCUT2D eigenvalue weighted by Gasteiger charge is 2.39. The minimum absolute atomic E-state index is 0.146. The number of ether oxygens (including phenoxy) is 1. The Morgan fingerprint density at radius 2 is 2.31 bits per heavy atom. The molecule has 0 bridgehead atoms. The molecule has 0 radical (unpaired) electrons. The molecule has 0 spiro atoms. The third kappa shape index (κ3) is 2.82. The number of methoxy groups -OCH3 is 1. The van der Waals surface area contributed by atoms with Crippen LogP contribution in [0.5, 0.6) is 0 Å². The zero-order valence-electron chi connectivity index (χ0n) is 9.39. The van der Waals surface area contributed by atoms with Gasteiger partial charge in [-0.05, 0) is 6.42 Å². The highest BCUT2D eigenvalue weighted by atomic mass is 16.5. The number of likely N-dealkylation sites (tertiary alicyclic amines) is 1. The monoisotopic (exact) mass is 227 g/mol. The second-order valence-corrected chi connectivity index (χ2v) is 3.80. The number of amides is 1. The van der Waals surface area contributed by atoms with Gasteiger partial charge in [0.25, 0.3) is 0 Å². The van der Waals surface area contributed by atoms with E-state index in [1.807, 2.05) is 0 Å². The predicted octanol–water partition coefficient (Wildman–Crippen LogP) is 0.0874. The van der Waals surface area contributed by atoms with E-state index < -0.39 is 18.1 Å². The SMILES string of the molecule is C=CCCC(=O)N1CC(O)CC1C(=O)OC. The molecule has 0 aliphatic carbocycles. The maximum Gasteiger partial charge on any atom is 0.328 e. The van der Waals surface area contributed by atoms with Gasteiger partial charge in [0.2, 0.25) is 5.91 Å². The number of β-amino-alcohol motifs (C(OH)–C–C–N with tert-alkyl or cyclic N) is 1. The van der Waals surface area contributed by atoms with Gasteiger partial charge >= 0.3 is 5.97 Å². The summed E-state index contributed by atoms with van der Waals surface area (Å²) < 4.78 is 4.60. The largest absolute Gasteiger partial charge is 0.467 e. The van der Waals surface area contributed by atoms with Crippen molar-refractivity contribution in [2.45, 2.75) is 31.4 Å². The molecule has 1 fully saturated rings. The van der Waals surface area contributed by atoms with Crippen molar-refractivity contribution in [2.75, 3.05) is 13.7 Å². The van der Waals surface area contributed by atoms with Crippen molar-refractivity contribution in [3.8, 4) is 0 Å². The second-order valence-electron chi connectivity index (χ2n) is 3.80. The molecule has 5 heteroatoms. The summed E-state index contributed by atoms with van der Waals surface area (Å²) in [5.41, 5.74) is 0. The lowest BCUT2D eigenvalue weighted by Gasteiger charge is -2.22. The van der Waals surface area contributed by atoms with Crippen molar-refractivity contribution < 1.29 is 19.4 Å². The third-order valence-electron chi connectivity index (χ3n) is 2.63. The third-order valence-corrected chi connectivity index (χ3v) is 2.63. The number of hydrogen-bond donors (Lipinski definition) is 1. The van der Waals surface area contributed by atoms with E-state index in [-0.39, 0.29) is 18.9 Å². The number of allylic oxidation sites excluding steroid dienone is 1. The number of aliphatic hydroxyl groups excluding tert-OH is 1. The van der Waals surface area contributed by atoms with Gasteiger partial charge in [-0.3, -0.25) is 4.79 Å². The minimum atomic E-state index is -0.642. The Hall–Kier alpha value is -1.36. The first-order chi connectivity index (χ1) is 7.60. The number of hydrogen-bond acceptors (Lipinski definition) is 4. The summed E-state index contributed by atoms with van der Waals surface area (Å²) >= 11 is 0. The van der Waals surface area contributed by atoms with Crippen molar-refractivity contribution >= 4 is 11.9 Å². The van der Waals surface area contributed by atoms with E-state index in [4.69, 9.17) is 0 Å². The standard InChI is InChI=1S/C11H17NO4/c1-3-4-5-10(14)12-7-8(13)6-9(12)11(15)16-2/h3,8-9,13H,1,4-7H2,2H3. The Kier molecular flexibility index (Phi) is 4.49. The first-order valence-electron chi connectivity index (χ1n) is 5.26. The van der Waals surface area contributed by atoms with Crippen LogP contribution in [0.3, 0.4) is 0 Å². The second kappa shape index (κ2) is 5.65. The highest BCUT2D eigenvalue weighted by Crippen LogP contribution is 2.20. The number of carbonyl (C=O) groups is 2. The molecule has 1 heterocycles. The molecule has 0 aromatic heterocycles. The van der Waals surface area contributed by atoms with E-state index in [1.165, 1.54) is 12.0 Å². The number of aliphatic hydroxyl groups is 1.